The van der Waals surface area contributed by atoms with E-state index in [4.69, 9.17) is 4.74 Å². The van der Waals surface area contributed by atoms with Crippen molar-refractivity contribution in [3.63, 3.8) is 0 Å². The summed E-state index contributed by atoms with van der Waals surface area (Å²) in [4.78, 5) is 19.5. The van der Waals surface area contributed by atoms with Crippen molar-refractivity contribution in [1.82, 2.24) is 14.3 Å². The van der Waals surface area contributed by atoms with Gasteiger partial charge in [0, 0.05) is 30.9 Å². The van der Waals surface area contributed by atoms with Gasteiger partial charge in [-0.15, -0.1) is 11.3 Å². The molecule has 6 heteroatoms. The summed E-state index contributed by atoms with van der Waals surface area (Å²) in [7, 11) is 0. The third-order valence-corrected chi connectivity index (χ3v) is 4.19. The third-order valence-electron chi connectivity index (χ3n) is 3.42. The Morgan fingerprint density at radius 3 is 3.32 bits per heavy atom. The summed E-state index contributed by atoms with van der Waals surface area (Å²) in [6, 6.07) is 0. The number of imidazole rings is 1. The Bertz CT molecular complexity index is 549. The Hall–Kier alpha value is -1.40. The van der Waals surface area contributed by atoms with Crippen molar-refractivity contribution in [3.8, 4) is 0 Å². The molecule has 0 N–H and O–H groups in total. The van der Waals surface area contributed by atoms with Gasteiger partial charge in [-0.3, -0.25) is 9.20 Å². The summed E-state index contributed by atoms with van der Waals surface area (Å²) in [5, 5.41) is 1.99. The first-order valence-electron chi connectivity index (χ1n) is 6.56. The first-order chi connectivity index (χ1) is 9.26. The van der Waals surface area contributed by atoms with Crippen LogP contribution < -0.4 is 0 Å². The quantitative estimate of drug-likeness (QED) is 0.857. The number of fused-ring (bicyclic) bond motifs is 1. The lowest BCUT2D eigenvalue weighted by atomic mass is 10.2. The Balaban J connectivity index is 1.65. The normalized spacial score (nSPS) is 20.1. The Kier molecular flexibility index (Phi) is 3.52. The van der Waals surface area contributed by atoms with E-state index in [1.54, 1.807) is 11.3 Å². The molecule has 1 aliphatic rings. The standard InChI is InChI=1S/C13H17N3O2S/c1-2-11-9-15(3-5-18-11)12(17)7-10-8-16-4-6-19-13(16)14-10/h4,6,8,11H,2-3,5,7,9H2,1H3. The number of amides is 1. The lowest BCUT2D eigenvalue weighted by molar-refractivity contribution is -0.138. The number of morpholine rings is 1. The molecule has 0 saturated carbocycles. The van der Waals surface area contributed by atoms with E-state index in [0.717, 1.165) is 17.1 Å². The highest BCUT2D eigenvalue weighted by Crippen LogP contribution is 2.14. The maximum absolute atomic E-state index is 12.3. The van der Waals surface area contributed by atoms with E-state index in [9.17, 15) is 4.79 Å². The minimum absolute atomic E-state index is 0.146. The second-order valence-electron chi connectivity index (χ2n) is 4.74. The Morgan fingerprint density at radius 1 is 1.63 bits per heavy atom. The van der Waals surface area contributed by atoms with Crippen molar-refractivity contribution in [2.75, 3.05) is 19.7 Å². The highest BCUT2D eigenvalue weighted by Gasteiger charge is 2.23. The van der Waals surface area contributed by atoms with Gasteiger partial charge in [0.25, 0.3) is 0 Å². The number of carbonyl (C=O) groups excluding carboxylic acids is 1. The van der Waals surface area contributed by atoms with Crippen LogP contribution in [0.5, 0.6) is 0 Å². The summed E-state index contributed by atoms with van der Waals surface area (Å²) >= 11 is 1.58. The highest BCUT2D eigenvalue weighted by atomic mass is 32.1. The average molecular weight is 279 g/mol. The van der Waals surface area contributed by atoms with E-state index in [1.807, 2.05) is 27.1 Å². The van der Waals surface area contributed by atoms with E-state index in [1.165, 1.54) is 0 Å². The fourth-order valence-electron chi connectivity index (χ4n) is 2.32. The van der Waals surface area contributed by atoms with Crippen molar-refractivity contribution in [3.05, 3.63) is 23.5 Å². The molecule has 1 unspecified atom stereocenters. The molecule has 0 aliphatic carbocycles. The second kappa shape index (κ2) is 5.30. The van der Waals surface area contributed by atoms with E-state index in [-0.39, 0.29) is 12.0 Å². The van der Waals surface area contributed by atoms with Gasteiger partial charge in [-0.1, -0.05) is 6.92 Å². The minimum Gasteiger partial charge on any atom is -0.375 e. The van der Waals surface area contributed by atoms with E-state index < -0.39 is 0 Å². The van der Waals surface area contributed by atoms with Crippen molar-refractivity contribution >= 4 is 22.2 Å². The molecule has 19 heavy (non-hydrogen) atoms. The van der Waals surface area contributed by atoms with Gasteiger partial charge in [0.15, 0.2) is 4.96 Å². The number of hydrogen-bond donors (Lipinski definition) is 0. The van der Waals surface area contributed by atoms with Crippen LogP contribution in [0.25, 0.3) is 4.96 Å². The van der Waals surface area contributed by atoms with E-state index in [2.05, 4.69) is 11.9 Å². The van der Waals surface area contributed by atoms with Gasteiger partial charge < -0.3 is 9.64 Å². The summed E-state index contributed by atoms with van der Waals surface area (Å²) < 4.78 is 7.54. The van der Waals surface area contributed by atoms with Crippen LogP contribution in [0.4, 0.5) is 0 Å². The number of rotatable bonds is 3. The molecule has 3 rings (SSSR count). The van der Waals surface area contributed by atoms with Crippen molar-refractivity contribution < 1.29 is 9.53 Å². The van der Waals surface area contributed by atoms with Crippen LogP contribution in [0, 0.1) is 0 Å². The summed E-state index contributed by atoms with van der Waals surface area (Å²) in [6.45, 7) is 4.12. The van der Waals surface area contributed by atoms with Crippen molar-refractivity contribution in [2.45, 2.75) is 25.9 Å². The topological polar surface area (TPSA) is 46.8 Å². The molecule has 5 nitrogen and oxygen atoms in total. The Labute approximate surface area is 115 Å². The molecule has 3 heterocycles. The molecule has 1 aliphatic heterocycles. The summed E-state index contributed by atoms with van der Waals surface area (Å²) in [5.74, 6) is 0.146. The molecule has 2 aromatic heterocycles. The molecular formula is C13H17N3O2S. The van der Waals surface area contributed by atoms with Gasteiger partial charge in [-0.2, -0.15) is 0 Å². The van der Waals surface area contributed by atoms with Gasteiger partial charge in [-0.25, -0.2) is 4.98 Å². The number of hydrogen-bond acceptors (Lipinski definition) is 4. The van der Waals surface area contributed by atoms with Crippen LogP contribution in [0.2, 0.25) is 0 Å². The number of thiazole rings is 1. The van der Waals surface area contributed by atoms with Gasteiger partial charge in [0.05, 0.1) is 24.8 Å². The molecule has 1 amide bonds. The number of aromatic nitrogens is 2. The molecule has 102 valence electrons. The van der Waals surface area contributed by atoms with Crippen molar-refractivity contribution in [1.29, 1.82) is 0 Å². The van der Waals surface area contributed by atoms with Gasteiger partial charge in [0.2, 0.25) is 5.91 Å². The zero-order valence-electron chi connectivity index (χ0n) is 10.9. The SMILES string of the molecule is CCC1CN(C(=O)Cc2cn3ccsc3n2)CCO1. The monoisotopic (exact) mass is 279 g/mol. The van der Waals surface area contributed by atoms with Gasteiger partial charge in [-0.05, 0) is 6.42 Å². The van der Waals surface area contributed by atoms with Crippen LogP contribution in [0.15, 0.2) is 17.8 Å². The maximum Gasteiger partial charge on any atom is 0.228 e. The van der Waals surface area contributed by atoms with Gasteiger partial charge in [0.1, 0.15) is 0 Å². The maximum atomic E-state index is 12.3. The molecule has 1 fully saturated rings. The number of ether oxygens (including phenoxy) is 1. The fourth-order valence-corrected chi connectivity index (χ4v) is 3.04. The third kappa shape index (κ3) is 2.64. The molecule has 2 aromatic rings. The largest absolute Gasteiger partial charge is 0.375 e. The molecular weight excluding hydrogens is 262 g/mol. The second-order valence-corrected chi connectivity index (χ2v) is 5.62. The molecule has 0 radical (unpaired) electrons. The fraction of sp³-hybridized carbons (Fsp3) is 0.538. The zero-order chi connectivity index (χ0) is 13.2. The first-order valence-corrected chi connectivity index (χ1v) is 7.44. The number of carbonyl (C=O) groups is 1. The lowest BCUT2D eigenvalue weighted by Crippen LogP contribution is -2.46. The first kappa shape index (κ1) is 12.6. The molecule has 0 aromatic carbocycles. The predicted molar refractivity (Wildman–Crippen MR) is 73.4 cm³/mol. The molecule has 1 saturated heterocycles. The zero-order valence-corrected chi connectivity index (χ0v) is 11.7. The Morgan fingerprint density at radius 2 is 2.53 bits per heavy atom. The summed E-state index contributed by atoms with van der Waals surface area (Å²) in [6.07, 6.45) is 5.40. The van der Waals surface area contributed by atoms with Crippen LogP contribution in [0.1, 0.15) is 19.0 Å². The van der Waals surface area contributed by atoms with Crippen LogP contribution in [0.3, 0.4) is 0 Å². The highest BCUT2D eigenvalue weighted by molar-refractivity contribution is 7.15. The van der Waals surface area contributed by atoms with E-state index in [0.29, 0.717) is 26.1 Å². The molecule has 0 bridgehead atoms. The summed E-state index contributed by atoms with van der Waals surface area (Å²) in [5.41, 5.74) is 0.844. The lowest BCUT2D eigenvalue weighted by Gasteiger charge is -2.32. The minimum atomic E-state index is 0.146. The predicted octanol–water partition coefficient (Wildman–Crippen LogP) is 1.58. The van der Waals surface area contributed by atoms with Crippen LogP contribution in [-0.4, -0.2) is 46.0 Å². The molecule has 0 spiro atoms. The molecule has 1 atom stereocenters. The van der Waals surface area contributed by atoms with Crippen LogP contribution >= 0.6 is 11.3 Å². The smallest absolute Gasteiger partial charge is 0.228 e. The van der Waals surface area contributed by atoms with Crippen molar-refractivity contribution in [2.24, 2.45) is 0 Å². The number of nitrogens with zero attached hydrogens (tertiary/aromatic N) is 3. The van der Waals surface area contributed by atoms with E-state index >= 15 is 0 Å². The van der Waals surface area contributed by atoms with Gasteiger partial charge >= 0.3 is 0 Å². The average Bonchev–Trinajstić information content (AvgIpc) is 2.99. The van der Waals surface area contributed by atoms with Crippen LogP contribution in [-0.2, 0) is 16.0 Å².